The smallest absolute Gasteiger partial charge is 0.159 e. The summed E-state index contributed by atoms with van der Waals surface area (Å²) in [5.41, 5.74) is 2.67. The Balaban J connectivity index is 2.07. The van der Waals surface area contributed by atoms with E-state index in [9.17, 15) is 15.0 Å². The Labute approximate surface area is 121 Å². The molecule has 3 nitrogen and oxygen atoms in total. The van der Waals surface area contributed by atoms with Crippen molar-refractivity contribution < 1.29 is 15.0 Å². The molecule has 0 aromatic heterocycles. The van der Waals surface area contributed by atoms with Gasteiger partial charge in [0.2, 0.25) is 0 Å². The Morgan fingerprint density at radius 1 is 1.10 bits per heavy atom. The second-order valence-corrected chi connectivity index (χ2v) is 6.01. The lowest BCUT2D eigenvalue weighted by molar-refractivity contribution is 0.101. The van der Waals surface area contributed by atoms with Gasteiger partial charge in [-0.2, -0.15) is 0 Å². The number of carbonyl (C=O) groups is 1. The molecule has 2 aromatic rings. The highest BCUT2D eigenvalue weighted by Gasteiger charge is 2.18. The fraction of sp³-hybridized carbons (Fsp3) is 0.188. The molecule has 3 rings (SSSR count). The first-order valence-electron chi connectivity index (χ1n) is 6.41. The van der Waals surface area contributed by atoms with E-state index in [1.54, 1.807) is 13.0 Å². The monoisotopic (exact) mass is 286 g/mol. The Morgan fingerprint density at radius 3 is 2.65 bits per heavy atom. The van der Waals surface area contributed by atoms with Gasteiger partial charge < -0.3 is 10.2 Å². The van der Waals surface area contributed by atoms with Crippen molar-refractivity contribution in [2.75, 3.05) is 0 Å². The quantitative estimate of drug-likeness (QED) is 0.787. The zero-order valence-corrected chi connectivity index (χ0v) is 11.8. The first-order chi connectivity index (χ1) is 9.54. The van der Waals surface area contributed by atoms with Crippen LogP contribution in [0.4, 0.5) is 0 Å². The van der Waals surface area contributed by atoms with E-state index in [1.807, 2.05) is 18.2 Å². The fourth-order valence-electron chi connectivity index (χ4n) is 2.43. The van der Waals surface area contributed by atoms with E-state index < -0.39 is 0 Å². The summed E-state index contributed by atoms with van der Waals surface area (Å²) in [6.07, 6.45) is 1.47. The third-order valence-corrected chi connectivity index (χ3v) is 4.70. The van der Waals surface area contributed by atoms with Gasteiger partial charge in [0.1, 0.15) is 11.5 Å². The lowest BCUT2D eigenvalue weighted by Crippen LogP contribution is -1.96. The summed E-state index contributed by atoms with van der Waals surface area (Å²) in [7, 11) is 0. The zero-order chi connectivity index (χ0) is 14.3. The number of hydrogen-bond acceptors (Lipinski definition) is 4. The molecule has 1 aliphatic rings. The number of carbonyl (C=O) groups excluding carboxylic acids is 1. The van der Waals surface area contributed by atoms with E-state index in [4.69, 9.17) is 0 Å². The Bertz CT molecular complexity index is 707. The number of benzene rings is 2. The fourth-order valence-corrected chi connectivity index (χ4v) is 3.60. The summed E-state index contributed by atoms with van der Waals surface area (Å²) in [6.45, 7) is 1.56. The lowest BCUT2D eigenvalue weighted by Gasteiger charge is -2.08. The van der Waals surface area contributed by atoms with Crippen molar-refractivity contribution in [1.82, 2.24) is 0 Å². The molecule has 4 heteroatoms. The van der Waals surface area contributed by atoms with Gasteiger partial charge in [-0.3, -0.25) is 4.79 Å². The highest BCUT2D eigenvalue weighted by molar-refractivity contribution is 7.99. The number of Topliss-reactive ketones (excluding diaryl/α,β-unsaturated/α-hetero) is 1. The maximum atomic E-state index is 11.5. The molecule has 0 atom stereocenters. The summed E-state index contributed by atoms with van der Waals surface area (Å²) in [5.74, 6) is 0.254. The standard InChI is InChI=1S/C16H14O3S/c1-9(17)10-3-5-15-11(6-10)2-4-13-14(19)7-12(18)8-16(13)20-15/h3,5-8,18-19H,2,4H2,1H3. The molecule has 102 valence electrons. The van der Waals surface area contributed by atoms with Crippen LogP contribution < -0.4 is 0 Å². The topological polar surface area (TPSA) is 57.5 Å². The van der Waals surface area contributed by atoms with Gasteiger partial charge in [0.15, 0.2) is 5.78 Å². The lowest BCUT2D eigenvalue weighted by atomic mass is 10.0. The van der Waals surface area contributed by atoms with Crippen molar-refractivity contribution in [1.29, 1.82) is 0 Å². The number of aromatic hydroxyl groups is 2. The summed E-state index contributed by atoms with van der Waals surface area (Å²) >= 11 is 1.52. The van der Waals surface area contributed by atoms with Crippen molar-refractivity contribution in [2.45, 2.75) is 29.6 Å². The molecule has 1 heterocycles. The highest BCUT2D eigenvalue weighted by atomic mass is 32.2. The van der Waals surface area contributed by atoms with Gasteiger partial charge in [0.25, 0.3) is 0 Å². The van der Waals surface area contributed by atoms with Crippen LogP contribution in [0.3, 0.4) is 0 Å². The van der Waals surface area contributed by atoms with Crippen LogP contribution >= 0.6 is 11.8 Å². The van der Waals surface area contributed by atoms with Gasteiger partial charge in [-0.15, -0.1) is 0 Å². The molecule has 0 saturated carbocycles. The first kappa shape index (κ1) is 13.1. The molecular weight excluding hydrogens is 272 g/mol. The second-order valence-electron chi connectivity index (χ2n) is 4.92. The maximum Gasteiger partial charge on any atom is 0.159 e. The molecule has 2 aromatic carbocycles. The van der Waals surface area contributed by atoms with Gasteiger partial charge in [0, 0.05) is 27.0 Å². The van der Waals surface area contributed by atoms with Gasteiger partial charge in [-0.25, -0.2) is 0 Å². The molecule has 0 spiro atoms. The number of fused-ring (bicyclic) bond motifs is 2. The number of aryl methyl sites for hydroxylation is 1. The summed E-state index contributed by atoms with van der Waals surface area (Å²) in [5, 5.41) is 19.6. The summed E-state index contributed by atoms with van der Waals surface area (Å²) < 4.78 is 0. The van der Waals surface area contributed by atoms with E-state index in [1.165, 1.54) is 17.8 Å². The van der Waals surface area contributed by atoms with Crippen molar-refractivity contribution in [3.05, 3.63) is 47.0 Å². The second kappa shape index (κ2) is 4.87. The Hall–Kier alpha value is -1.94. The predicted molar refractivity (Wildman–Crippen MR) is 77.7 cm³/mol. The van der Waals surface area contributed by atoms with Crippen molar-refractivity contribution in [3.8, 4) is 11.5 Å². The number of phenolic OH excluding ortho intramolecular Hbond substituents is 2. The zero-order valence-electron chi connectivity index (χ0n) is 11.0. The summed E-state index contributed by atoms with van der Waals surface area (Å²) in [6, 6.07) is 8.73. The minimum atomic E-state index is 0.0556. The molecule has 0 bridgehead atoms. The molecular formula is C16H14O3S. The number of phenols is 2. The van der Waals surface area contributed by atoms with Crippen LogP contribution in [0.2, 0.25) is 0 Å². The molecule has 0 saturated heterocycles. The van der Waals surface area contributed by atoms with Crippen LogP contribution in [-0.2, 0) is 12.8 Å². The Morgan fingerprint density at radius 2 is 1.90 bits per heavy atom. The number of ketones is 1. The van der Waals surface area contributed by atoms with Crippen LogP contribution in [0.25, 0.3) is 0 Å². The molecule has 0 radical (unpaired) electrons. The van der Waals surface area contributed by atoms with Gasteiger partial charge >= 0.3 is 0 Å². The van der Waals surface area contributed by atoms with Crippen LogP contribution in [-0.4, -0.2) is 16.0 Å². The third-order valence-electron chi connectivity index (χ3n) is 3.50. The normalized spacial score (nSPS) is 13.2. The van der Waals surface area contributed by atoms with E-state index >= 15 is 0 Å². The van der Waals surface area contributed by atoms with Gasteiger partial charge in [-0.1, -0.05) is 17.8 Å². The molecule has 0 aliphatic carbocycles. The minimum absolute atomic E-state index is 0.0556. The average molecular weight is 286 g/mol. The Kier molecular flexibility index (Phi) is 3.18. The van der Waals surface area contributed by atoms with Gasteiger partial charge in [0.05, 0.1) is 0 Å². The predicted octanol–water partition coefficient (Wildman–Crippen LogP) is 3.55. The SMILES string of the molecule is CC(=O)c1ccc2c(c1)CCc1c(O)cc(O)cc1S2. The van der Waals surface area contributed by atoms with Crippen molar-refractivity contribution >= 4 is 17.5 Å². The molecule has 0 unspecified atom stereocenters. The maximum absolute atomic E-state index is 11.5. The van der Waals surface area contributed by atoms with E-state index in [2.05, 4.69) is 0 Å². The molecule has 1 aliphatic heterocycles. The minimum Gasteiger partial charge on any atom is -0.508 e. The van der Waals surface area contributed by atoms with Crippen LogP contribution in [0.5, 0.6) is 11.5 Å². The van der Waals surface area contributed by atoms with E-state index in [-0.39, 0.29) is 17.3 Å². The molecule has 0 fully saturated rings. The molecule has 2 N–H and O–H groups in total. The van der Waals surface area contributed by atoms with Crippen molar-refractivity contribution in [2.24, 2.45) is 0 Å². The van der Waals surface area contributed by atoms with Gasteiger partial charge in [-0.05, 0) is 43.5 Å². The largest absolute Gasteiger partial charge is 0.508 e. The summed E-state index contributed by atoms with van der Waals surface area (Å²) in [4.78, 5) is 13.4. The highest BCUT2D eigenvalue weighted by Crippen LogP contribution is 2.42. The van der Waals surface area contributed by atoms with Crippen LogP contribution in [0.15, 0.2) is 40.1 Å². The third kappa shape index (κ3) is 2.27. The number of hydrogen-bond donors (Lipinski definition) is 2. The number of rotatable bonds is 1. The molecule has 20 heavy (non-hydrogen) atoms. The van der Waals surface area contributed by atoms with E-state index in [0.29, 0.717) is 12.0 Å². The molecule has 0 amide bonds. The van der Waals surface area contributed by atoms with Crippen LogP contribution in [0, 0.1) is 0 Å². The van der Waals surface area contributed by atoms with E-state index in [0.717, 1.165) is 27.3 Å². The first-order valence-corrected chi connectivity index (χ1v) is 7.23. The van der Waals surface area contributed by atoms with Crippen molar-refractivity contribution in [3.63, 3.8) is 0 Å². The van der Waals surface area contributed by atoms with Crippen LogP contribution in [0.1, 0.15) is 28.4 Å². The average Bonchev–Trinajstić information content (AvgIpc) is 2.56.